The Kier molecular flexibility index (Phi) is 5.44. The Morgan fingerprint density at radius 3 is 2.18 bits per heavy atom. The topological polar surface area (TPSA) is 43.1 Å². The zero-order valence-corrected chi connectivity index (χ0v) is 8.22. The third kappa shape index (κ3) is 5.74. The maximum Gasteiger partial charge on any atom is 0.248 e. The van der Waals surface area contributed by atoms with Crippen molar-refractivity contribution in [3.05, 3.63) is 0 Å². The number of rotatable bonds is 4. The van der Waals surface area contributed by atoms with Crippen LogP contribution in [0.4, 0.5) is 0 Å². The second-order valence-electron chi connectivity index (χ2n) is 2.17. The lowest BCUT2D eigenvalue weighted by atomic mass is 10.2. The lowest BCUT2D eigenvalue weighted by Crippen LogP contribution is -2.18. The molecule has 0 heterocycles. The molecule has 0 aromatic rings. The summed E-state index contributed by atoms with van der Waals surface area (Å²) in [5.74, 6) is -0.365. The zero-order valence-electron chi connectivity index (χ0n) is 5.95. The van der Waals surface area contributed by atoms with Gasteiger partial charge >= 0.3 is 0 Å². The molecular formula is C6H10Cl3NO. The third-order valence-corrected chi connectivity index (χ3v) is 1.81. The van der Waals surface area contributed by atoms with Gasteiger partial charge in [-0.3, -0.25) is 4.79 Å². The second-order valence-corrected chi connectivity index (χ2v) is 4.45. The van der Waals surface area contributed by atoms with E-state index in [-0.39, 0.29) is 12.2 Å². The highest BCUT2D eigenvalue weighted by Gasteiger charge is 2.28. The first-order chi connectivity index (χ1) is 4.98. The maximum atomic E-state index is 10.9. The van der Waals surface area contributed by atoms with E-state index < -0.39 is 3.79 Å². The summed E-state index contributed by atoms with van der Waals surface area (Å²) in [6.07, 6.45) is 1.75. The summed E-state index contributed by atoms with van der Waals surface area (Å²) >= 11 is 15.9. The van der Waals surface area contributed by atoms with Crippen molar-refractivity contribution in [3.8, 4) is 0 Å². The quantitative estimate of drug-likeness (QED) is 0.580. The molecule has 0 saturated heterocycles. The molecule has 0 saturated carbocycles. The Morgan fingerprint density at radius 2 is 1.82 bits per heavy atom. The van der Waals surface area contributed by atoms with Gasteiger partial charge in [0, 0.05) is 6.42 Å². The van der Waals surface area contributed by atoms with Crippen LogP contribution in [0, 0.1) is 0 Å². The van der Waals surface area contributed by atoms with E-state index in [9.17, 15) is 4.79 Å². The van der Waals surface area contributed by atoms with Crippen LogP contribution in [0.2, 0.25) is 0 Å². The summed E-state index contributed by atoms with van der Waals surface area (Å²) in [4.78, 5) is 10.9. The van der Waals surface area contributed by atoms with Gasteiger partial charge in [0.15, 0.2) is 5.78 Å². The molecule has 0 aromatic carbocycles. The van der Waals surface area contributed by atoms with Crippen molar-refractivity contribution in [3.63, 3.8) is 0 Å². The highest BCUT2D eigenvalue weighted by atomic mass is 35.6. The van der Waals surface area contributed by atoms with Gasteiger partial charge in [0.2, 0.25) is 3.79 Å². The summed E-state index contributed by atoms with van der Waals surface area (Å²) in [5.41, 5.74) is 5.21. The standard InChI is InChI=1S/C6H10Cl3NO/c7-6(8,9)5(11)3-1-2-4-10/h1-4,10H2. The van der Waals surface area contributed by atoms with Gasteiger partial charge in [-0.2, -0.15) is 0 Å². The smallest absolute Gasteiger partial charge is 0.248 e. The number of carbonyl (C=O) groups is 1. The normalized spacial score (nSPS) is 11.6. The molecule has 0 aliphatic heterocycles. The molecule has 0 aliphatic rings. The molecule has 0 amide bonds. The molecule has 0 bridgehead atoms. The Labute approximate surface area is 81.0 Å². The van der Waals surface area contributed by atoms with Crippen LogP contribution in [-0.2, 0) is 4.79 Å². The van der Waals surface area contributed by atoms with Gasteiger partial charge in [-0.05, 0) is 19.4 Å². The fourth-order valence-corrected chi connectivity index (χ4v) is 0.855. The minimum atomic E-state index is -1.76. The molecule has 2 nitrogen and oxygen atoms in total. The number of Topliss-reactive ketones (excluding diaryl/α,β-unsaturated/α-hetero) is 1. The largest absolute Gasteiger partial charge is 0.330 e. The molecule has 0 unspecified atom stereocenters. The fourth-order valence-electron chi connectivity index (χ4n) is 0.572. The molecule has 66 valence electrons. The molecule has 0 rings (SSSR count). The first-order valence-corrected chi connectivity index (χ1v) is 4.42. The Bertz CT molecular complexity index is 132. The monoisotopic (exact) mass is 217 g/mol. The minimum absolute atomic E-state index is 0.285. The van der Waals surface area contributed by atoms with Crippen molar-refractivity contribution >= 4 is 40.6 Å². The molecule has 5 heteroatoms. The summed E-state index contributed by atoms with van der Waals surface area (Å²) in [5, 5.41) is 0. The molecule has 0 radical (unpaired) electrons. The highest BCUT2D eigenvalue weighted by Crippen LogP contribution is 2.28. The van der Waals surface area contributed by atoms with Crippen molar-refractivity contribution in [2.45, 2.75) is 23.1 Å². The molecule has 11 heavy (non-hydrogen) atoms. The second kappa shape index (κ2) is 5.20. The zero-order chi connectivity index (χ0) is 8.91. The predicted molar refractivity (Wildman–Crippen MR) is 48.2 cm³/mol. The SMILES string of the molecule is NCCCCC(=O)C(Cl)(Cl)Cl. The average Bonchev–Trinajstić information content (AvgIpc) is 1.86. The van der Waals surface area contributed by atoms with E-state index in [0.717, 1.165) is 6.42 Å². The van der Waals surface area contributed by atoms with Crippen molar-refractivity contribution < 1.29 is 4.79 Å². The van der Waals surface area contributed by atoms with Crippen molar-refractivity contribution in [2.24, 2.45) is 5.73 Å². The van der Waals surface area contributed by atoms with E-state index >= 15 is 0 Å². The molecule has 0 fully saturated rings. The number of hydrogen-bond acceptors (Lipinski definition) is 2. The van der Waals surface area contributed by atoms with Crippen LogP contribution in [0.3, 0.4) is 0 Å². The van der Waals surface area contributed by atoms with Crippen LogP contribution in [0.1, 0.15) is 19.3 Å². The highest BCUT2D eigenvalue weighted by molar-refractivity contribution is 6.76. The number of halogens is 3. The van der Waals surface area contributed by atoms with Crippen LogP contribution in [0.5, 0.6) is 0 Å². The molecule has 0 aromatic heterocycles. The van der Waals surface area contributed by atoms with Gasteiger partial charge in [0.05, 0.1) is 0 Å². The Hall–Kier alpha value is 0.500. The molecule has 0 aliphatic carbocycles. The number of carbonyl (C=O) groups excluding carboxylic acids is 1. The van der Waals surface area contributed by atoms with Crippen LogP contribution in [0.25, 0.3) is 0 Å². The van der Waals surface area contributed by atoms with Crippen LogP contribution in [-0.4, -0.2) is 16.1 Å². The molecule has 0 atom stereocenters. The molecule has 2 N–H and O–H groups in total. The molecule has 0 spiro atoms. The van der Waals surface area contributed by atoms with Gasteiger partial charge in [-0.25, -0.2) is 0 Å². The first-order valence-electron chi connectivity index (χ1n) is 3.28. The third-order valence-electron chi connectivity index (χ3n) is 1.17. The summed E-state index contributed by atoms with van der Waals surface area (Å²) < 4.78 is -1.76. The number of unbranched alkanes of at least 4 members (excludes halogenated alkanes) is 1. The van der Waals surface area contributed by atoms with Gasteiger partial charge < -0.3 is 5.73 Å². The number of ketones is 1. The summed E-state index contributed by atoms with van der Waals surface area (Å²) in [7, 11) is 0. The van der Waals surface area contributed by atoms with Gasteiger partial charge in [-0.1, -0.05) is 34.8 Å². The van der Waals surface area contributed by atoms with E-state index in [4.69, 9.17) is 40.5 Å². The van der Waals surface area contributed by atoms with Crippen LogP contribution < -0.4 is 5.73 Å². The lowest BCUT2D eigenvalue weighted by Gasteiger charge is -2.07. The Balaban J connectivity index is 3.54. The fraction of sp³-hybridized carbons (Fsp3) is 0.833. The number of nitrogens with two attached hydrogens (primary N) is 1. The van der Waals surface area contributed by atoms with Crippen LogP contribution in [0.15, 0.2) is 0 Å². The van der Waals surface area contributed by atoms with Crippen LogP contribution >= 0.6 is 34.8 Å². The molecular weight excluding hydrogens is 208 g/mol. The first kappa shape index (κ1) is 11.5. The van der Waals surface area contributed by atoms with Gasteiger partial charge in [0.25, 0.3) is 0 Å². The van der Waals surface area contributed by atoms with Crippen molar-refractivity contribution in [2.75, 3.05) is 6.54 Å². The summed E-state index contributed by atoms with van der Waals surface area (Å²) in [6, 6.07) is 0. The summed E-state index contributed by atoms with van der Waals surface area (Å²) in [6.45, 7) is 0.563. The van der Waals surface area contributed by atoms with E-state index in [2.05, 4.69) is 0 Å². The van der Waals surface area contributed by atoms with E-state index in [0.29, 0.717) is 13.0 Å². The van der Waals surface area contributed by atoms with Crippen molar-refractivity contribution in [1.29, 1.82) is 0 Å². The van der Waals surface area contributed by atoms with Gasteiger partial charge in [0.1, 0.15) is 0 Å². The van der Waals surface area contributed by atoms with Gasteiger partial charge in [-0.15, -0.1) is 0 Å². The van der Waals surface area contributed by atoms with E-state index in [1.54, 1.807) is 0 Å². The lowest BCUT2D eigenvalue weighted by molar-refractivity contribution is -0.118. The van der Waals surface area contributed by atoms with E-state index in [1.807, 2.05) is 0 Å². The van der Waals surface area contributed by atoms with Crippen molar-refractivity contribution in [1.82, 2.24) is 0 Å². The van der Waals surface area contributed by atoms with E-state index in [1.165, 1.54) is 0 Å². The minimum Gasteiger partial charge on any atom is -0.330 e. The number of hydrogen-bond donors (Lipinski definition) is 1. The predicted octanol–water partition coefficient (Wildman–Crippen LogP) is 2.05. The average molecular weight is 219 g/mol. The number of alkyl halides is 3. The maximum absolute atomic E-state index is 10.9. The Morgan fingerprint density at radius 1 is 1.27 bits per heavy atom.